The third kappa shape index (κ3) is 11.7. The van der Waals surface area contributed by atoms with Crippen molar-refractivity contribution in [1.29, 1.82) is 0 Å². The molecule has 0 unspecified atom stereocenters. The second-order valence-corrected chi connectivity index (χ2v) is 8.50. The zero-order chi connectivity index (χ0) is 29.8. The summed E-state index contributed by atoms with van der Waals surface area (Å²) in [4.78, 5) is 0. The Hall–Kier alpha value is -4.15. The first-order chi connectivity index (χ1) is 18.9. The first-order valence-corrected chi connectivity index (χ1v) is 11.2. The third-order valence-electron chi connectivity index (χ3n) is 5.67. The van der Waals surface area contributed by atoms with Crippen molar-refractivity contribution >= 4 is 0 Å². The van der Waals surface area contributed by atoms with Gasteiger partial charge in [-0.2, -0.15) is 0 Å². The Bertz CT molecular complexity index is 1060. The maximum atomic E-state index is 8.00. The Labute approximate surface area is 226 Å². The Kier molecular flexibility index (Phi) is 19.7. The SMILES string of the molecule is Cc1ccc(Oc2ccc(C(C)(C)c3ccc(Oc4ccc(C)cc4)cc3)cc2)cc1.F.FF.FF.FF.FF. The van der Waals surface area contributed by atoms with E-state index in [0.29, 0.717) is 0 Å². The third-order valence-corrected chi connectivity index (χ3v) is 5.67. The molecular formula is C29H29F9O2. The second-order valence-electron chi connectivity index (χ2n) is 8.50. The predicted molar refractivity (Wildman–Crippen MR) is 139 cm³/mol. The Morgan fingerprint density at radius 2 is 0.600 bits per heavy atom. The van der Waals surface area contributed by atoms with Crippen molar-refractivity contribution < 1.29 is 50.8 Å². The van der Waals surface area contributed by atoms with Gasteiger partial charge in [-0.05, 0) is 73.5 Å². The Morgan fingerprint density at radius 1 is 0.400 bits per heavy atom. The van der Waals surface area contributed by atoms with Gasteiger partial charge in [0, 0.05) is 42.0 Å². The van der Waals surface area contributed by atoms with Gasteiger partial charge in [-0.1, -0.05) is 73.5 Å². The van der Waals surface area contributed by atoms with Crippen molar-refractivity contribution in [1.82, 2.24) is 0 Å². The molecule has 0 heterocycles. The summed E-state index contributed by atoms with van der Waals surface area (Å²) in [5.74, 6) is 3.37. The molecule has 0 spiro atoms. The topological polar surface area (TPSA) is 18.5 Å². The molecular weight excluding hydrogens is 551 g/mol. The molecule has 0 aliphatic carbocycles. The van der Waals surface area contributed by atoms with Gasteiger partial charge < -0.3 is 9.47 Å². The number of aryl methyl sites for hydroxylation is 2. The molecule has 0 atom stereocenters. The van der Waals surface area contributed by atoms with E-state index in [2.05, 4.69) is 76.2 Å². The highest BCUT2D eigenvalue weighted by molar-refractivity contribution is 5.43. The molecule has 0 aliphatic rings. The van der Waals surface area contributed by atoms with Crippen molar-refractivity contribution in [2.24, 2.45) is 0 Å². The van der Waals surface area contributed by atoms with Crippen molar-refractivity contribution in [2.45, 2.75) is 33.1 Å². The van der Waals surface area contributed by atoms with Crippen LogP contribution in [0.25, 0.3) is 0 Å². The van der Waals surface area contributed by atoms with Crippen molar-refractivity contribution in [3.05, 3.63) is 119 Å². The summed E-state index contributed by atoms with van der Waals surface area (Å²) in [6, 6.07) is 32.9. The fourth-order valence-electron chi connectivity index (χ4n) is 3.53. The molecule has 0 saturated heterocycles. The van der Waals surface area contributed by atoms with E-state index in [1.54, 1.807) is 0 Å². The first-order valence-electron chi connectivity index (χ1n) is 11.2. The number of benzene rings is 4. The maximum absolute atomic E-state index is 8.00. The monoisotopic (exact) mass is 580 g/mol. The van der Waals surface area contributed by atoms with E-state index >= 15 is 0 Å². The molecule has 4 aromatic rings. The van der Waals surface area contributed by atoms with E-state index in [1.807, 2.05) is 48.5 Å². The van der Waals surface area contributed by atoms with Crippen LogP contribution < -0.4 is 9.47 Å². The lowest BCUT2D eigenvalue weighted by Crippen LogP contribution is -2.18. The van der Waals surface area contributed by atoms with Crippen LogP contribution in [0, 0.1) is 13.8 Å². The van der Waals surface area contributed by atoms with Gasteiger partial charge >= 0.3 is 0 Å². The standard InChI is InChI=1S/C29H28O2.4F2.FH/c1-21-5-13-25(14-6-21)30-27-17-9-23(10-18-27)29(3,4)24-11-19-28(20-12-24)31-26-15-7-22(2)8-16-26;4*1-2;/h5-20H,1-4H3;;;;;1H. The van der Waals surface area contributed by atoms with E-state index in [-0.39, 0.29) is 10.1 Å². The molecule has 0 N–H and O–H groups in total. The van der Waals surface area contributed by atoms with Crippen LogP contribution in [0.3, 0.4) is 0 Å². The summed E-state index contributed by atoms with van der Waals surface area (Å²) >= 11 is 0. The molecule has 0 amide bonds. The lowest BCUT2D eigenvalue weighted by Gasteiger charge is -2.26. The summed E-state index contributed by atoms with van der Waals surface area (Å²) in [6.07, 6.45) is 0. The van der Waals surface area contributed by atoms with Gasteiger partial charge in [0.05, 0.1) is 0 Å². The lowest BCUT2D eigenvalue weighted by molar-refractivity contribution is 0.108. The minimum absolute atomic E-state index is 0. The summed E-state index contributed by atoms with van der Waals surface area (Å²) in [6.45, 7) is 8.61. The van der Waals surface area contributed by atoms with Crippen molar-refractivity contribution in [2.75, 3.05) is 0 Å². The maximum Gasteiger partial charge on any atom is 0.127 e. The van der Waals surface area contributed by atoms with Crippen molar-refractivity contribution in [3.63, 3.8) is 0 Å². The number of ether oxygens (including phenoxy) is 2. The van der Waals surface area contributed by atoms with E-state index in [1.165, 1.54) is 22.3 Å². The fraction of sp³-hybridized carbons (Fsp3) is 0.172. The van der Waals surface area contributed by atoms with Gasteiger partial charge in [0.1, 0.15) is 23.0 Å². The largest absolute Gasteiger partial charge is 0.457 e. The van der Waals surface area contributed by atoms with E-state index in [9.17, 15) is 0 Å². The molecule has 4 aromatic carbocycles. The van der Waals surface area contributed by atoms with Gasteiger partial charge in [0.15, 0.2) is 0 Å². The van der Waals surface area contributed by atoms with Crippen LogP contribution in [-0.4, -0.2) is 0 Å². The predicted octanol–water partition coefficient (Wildman–Crippen LogP) is 11.7. The molecule has 11 heteroatoms. The van der Waals surface area contributed by atoms with Gasteiger partial charge in [0.25, 0.3) is 0 Å². The van der Waals surface area contributed by atoms with Crippen LogP contribution in [0.4, 0.5) is 41.3 Å². The average Bonchev–Trinajstić information content (AvgIpc) is 3.00. The highest BCUT2D eigenvalue weighted by Crippen LogP contribution is 2.34. The van der Waals surface area contributed by atoms with Crippen LogP contribution >= 0.6 is 0 Å². The fourth-order valence-corrected chi connectivity index (χ4v) is 3.53. The molecule has 40 heavy (non-hydrogen) atoms. The molecule has 2 nitrogen and oxygen atoms in total. The number of rotatable bonds is 6. The normalized spacial score (nSPS) is 9.30. The van der Waals surface area contributed by atoms with Crippen LogP contribution in [-0.2, 0) is 5.41 Å². The van der Waals surface area contributed by atoms with Gasteiger partial charge in [0.2, 0.25) is 0 Å². The summed E-state index contributed by atoms with van der Waals surface area (Å²) in [7, 11) is 0. The smallest absolute Gasteiger partial charge is 0.127 e. The van der Waals surface area contributed by atoms with Gasteiger partial charge in [-0.15, -0.1) is 0 Å². The van der Waals surface area contributed by atoms with E-state index in [4.69, 9.17) is 46.1 Å². The van der Waals surface area contributed by atoms with Crippen LogP contribution in [0.1, 0.15) is 36.1 Å². The van der Waals surface area contributed by atoms with Gasteiger partial charge in [-0.3, -0.25) is 4.70 Å². The minimum Gasteiger partial charge on any atom is -0.457 e. The minimum atomic E-state index is -0.134. The molecule has 0 bridgehead atoms. The highest BCUT2D eigenvalue weighted by atomic mass is 20.0. The van der Waals surface area contributed by atoms with Gasteiger partial charge in [-0.25, -0.2) is 0 Å². The van der Waals surface area contributed by atoms with E-state index < -0.39 is 0 Å². The lowest BCUT2D eigenvalue weighted by atomic mass is 9.78. The van der Waals surface area contributed by atoms with Crippen molar-refractivity contribution in [3.8, 4) is 23.0 Å². The van der Waals surface area contributed by atoms with Crippen LogP contribution in [0.15, 0.2) is 97.1 Å². The molecule has 0 saturated carbocycles. The summed E-state index contributed by atoms with van der Waals surface area (Å²) < 4.78 is 75.9. The molecule has 0 radical (unpaired) electrons. The number of hydrogen-bond acceptors (Lipinski definition) is 2. The molecule has 0 fully saturated rings. The number of halogens is 9. The molecule has 220 valence electrons. The summed E-state index contributed by atoms with van der Waals surface area (Å²) in [5.41, 5.74) is 4.77. The Morgan fingerprint density at radius 3 is 0.825 bits per heavy atom. The van der Waals surface area contributed by atoms with Crippen LogP contribution in [0.5, 0.6) is 23.0 Å². The molecule has 0 aliphatic heterocycles. The average molecular weight is 581 g/mol. The summed E-state index contributed by atoms with van der Waals surface area (Å²) in [5, 5.41) is 0. The Balaban J connectivity index is 0. The highest BCUT2D eigenvalue weighted by Gasteiger charge is 2.23. The van der Waals surface area contributed by atoms with E-state index in [0.717, 1.165) is 23.0 Å². The molecule has 4 rings (SSSR count). The molecule has 0 aromatic heterocycles. The zero-order valence-corrected chi connectivity index (χ0v) is 22.0. The quantitative estimate of drug-likeness (QED) is 0.211. The zero-order valence-electron chi connectivity index (χ0n) is 22.0. The second kappa shape index (κ2) is 20.8. The van der Waals surface area contributed by atoms with Crippen LogP contribution in [0.2, 0.25) is 0 Å². The first kappa shape index (κ1) is 38.0. The number of hydrogen-bond donors (Lipinski definition) is 0.